The number of nitrogens with zero attached hydrogens (tertiary/aromatic N) is 2. The number of thiazole rings is 1. The zero-order valence-electron chi connectivity index (χ0n) is 9.49. The van der Waals surface area contributed by atoms with Crippen molar-refractivity contribution in [2.75, 3.05) is 0 Å². The van der Waals surface area contributed by atoms with E-state index in [1.54, 1.807) is 5.51 Å². The minimum absolute atomic E-state index is 0.0792. The lowest BCUT2D eigenvalue weighted by Crippen LogP contribution is -2.33. The lowest BCUT2D eigenvalue weighted by Gasteiger charge is -2.21. The van der Waals surface area contributed by atoms with E-state index in [9.17, 15) is 10.1 Å². The van der Waals surface area contributed by atoms with Crippen molar-refractivity contribution in [2.24, 2.45) is 10.8 Å². The zero-order chi connectivity index (χ0) is 11.8. The minimum atomic E-state index is -0.836. The molecule has 0 bridgehead atoms. The first kappa shape index (κ1) is 11.3. The van der Waals surface area contributed by atoms with E-state index in [4.69, 9.17) is 0 Å². The van der Waals surface area contributed by atoms with Crippen LogP contribution in [0.1, 0.15) is 32.4 Å². The third-order valence-electron chi connectivity index (χ3n) is 3.41. The third kappa shape index (κ3) is 1.65. The van der Waals surface area contributed by atoms with Crippen LogP contribution in [0.4, 0.5) is 0 Å². The van der Waals surface area contributed by atoms with Gasteiger partial charge in [-0.1, -0.05) is 13.8 Å². The quantitative estimate of drug-likeness (QED) is 0.790. The van der Waals surface area contributed by atoms with Gasteiger partial charge in [0, 0.05) is 17.2 Å². The van der Waals surface area contributed by atoms with Crippen molar-refractivity contribution in [3.8, 4) is 6.07 Å². The van der Waals surface area contributed by atoms with E-state index < -0.39 is 5.41 Å². The second kappa shape index (κ2) is 3.67. The van der Waals surface area contributed by atoms with Gasteiger partial charge in [0.1, 0.15) is 5.41 Å². The molecule has 0 amide bonds. The SMILES string of the molecule is CC1(C)CCC(C#N)(Cc2cscn2)C1=O. The van der Waals surface area contributed by atoms with Crippen molar-refractivity contribution < 1.29 is 4.79 Å². The Morgan fingerprint density at radius 2 is 2.31 bits per heavy atom. The van der Waals surface area contributed by atoms with Crippen molar-refractivity contribution >= 4 is 17.1 Å². The van der Waals surface area contributed by atoms with E-state index in [2.05, 4.69) is 11.1 Å². The highest BCUT2D eigenvalue weighted by Crippen LogP contribution is 2.47. The summed E-state index contributed by atoms with van der Waals surface area (Å²) in [6.45, 7) is 3.85. The number of nitriles is 1. The fraction of sp³-hybridized carbons (Fsp3) is 0.583. The topological polar surface area (TPSA) is 53.8 Å². The Hall–Kier alpha value is -1.21. The first-order chi connectivity index (χ1) is 7.50. The smallest absolute Gasteiger partial charge is 0.159 e. The van der Waals surface area contributed by atoms with Crippen LogP contribution in [-0.2, 0) is 11.2 Å². The van der Waals surface area contributed by atoms with Crippen LogP contribution in [0.15, 0.2) is 10.9 Å². The third-order valence-corrected chi connectivity index (χ3v) is 4.04. The molecule has 3 nitrogen and oxygen atoms in total. The Labute approximate surface area is 99.1 Å². The molecule has 0 aliphatic heterocycles. The molecule has 2 rings (SSSR count). The lowest BCUT2D eigenvalue weighted by molar-refractivity contribution is -0.130. The van der Waals surface area contributed by atoms with Crippen LogP contribution in [0, 0.1) is 22.2 Å². The van der Waals surface area contributed by atoms with Crippen LogP contribution in [0.3, 0.4) is 0 Å². The second-order valence-electron chi connectivity index (χ2n) is 5.06. The van der Waals surface area contributed by atoms with E-state index >= 15 is 0 Å². The molecule has 1 saturated carbocycles. The molecule has 1 aliphatic carbocycles. The maximum atomic E-state index is 12.3. The molecule has 16 heavy (non-hydrogen) atoms. The van der Waals surface area contributed by atoms with E-state index in [-0.39, 0.29) is 11.2 Å². The van der Waals surface area contributed by atoms with E-state index in [1.165, 1.54) is 11.3 Å². The van der Waals surface area contributed by atoms with E-state index in [1.807, 2.05) is 19.2 Å². The molecule has 4 heteroatoms. The summed E-state index contributed by atoms with van der Waals surface area (Å²) in [6, 6.07) is 2.24. The largest absolute Gasteiger partial charge is 0.297 e. The van der Waals surface area contributed by atoms with Gasteiger partial charge in [-0.05, 0) is 12.8 Å². The van der Waals surface area contributed by atoms with Gasteiger partial charge >= 0.3 is 0 Å². The molecule has 84 valence electrons. The number of hydrogen-bond donors (Lipinski definition) is 0. The summed E-state index contributed by atoms with van der Waals surface area (Å²) in [6.07, 6.45) is 1.92. The maximum absolute atomic E-state index is 12.3. The standard InChI is InChI=1S/C12H14N2OS/c1-11(2)3-4-12(7-13,10(11)15)5-9-6-16-8-14-9/h6,8H,3-5H2,1-2H3. The van der Waals surface area contributed by atoms with Crippen LogP contribution in [0.25, 0.3) is 0 Å². The van der Waals surface area contributed by atoms with Crippen LogP contribution in [0.2, 0.25) is 0 Å². The molecule has 1 aromatic heterocycles. The molecule has 1 unspecified atom stereocenters. The number of hydrogen-bond acceptors (Lipinski definition) is 4. The highest BCUT2D eigenvalue weighted by atomic mass is 32.1. The van der Waals surface area contributed by atoms with E-state index in [0.717, 1.165) is 12.1 Å². The van der Waals surface area contributed by atoms with Gasteiger partial charge in [0.05, 0.1) is 17.3 Å². The lowest BCUT2D eigenvalue weighted by atomic mass is 9.78. The van der Waals surface area contributed by atoms with Gasteiger partial charge in [-0.25, -0.2) is 4.98 Å². The second-order valence-corrected chi connectivity index (χ2v) is 5.78. The molecular weight excluding hydrogens is 220 g/mol. The molecule has 0 radical (unpaired) electrons. The predicted molar refractivity (Wildman–Crippen MR) is 61.9 cm³/mol. The van der Waals surface area contributed by atoms with Gasteiger partial charge < -0.3 is 0 Å². The van der Waals surface area contributed by atoms with Crippen molar-refractivity contribution in [1.29, 1.82) is 5.26 Å². The van der Waals surface area contributed by atoms with Crippen LogP contribution in [0.5, 0.6) is 0 Å². The Balaban J connectivity index is 2.29. The molecule has 0 N–H and O–H groups in total. The first-order valence-electron chi connectivity index (χ1n) is 5.33. The molecule has 1 atom stereocenters. The van der Waals surface area contributed by atoms with Crippen LogP contribution in [-0.4, -0.2) is 10.8 Å². The normalized spacial score (nSPS) is 27.9. The Morgan fingerprint density at radius 1 is 1.56 bits per heavy atom. The summed E-state index contributed by atoms with van der Waals surface area (Å²) < 4.78 is 0. The monoisotopic (exact) mass is 234 g/mol. The Kier molecular flexibility index (Phi) is 2.59. The maximum Gasteiger partial charge on any atom is 0.159 e. The molecular formula is C12H14N2OS. The van der Waals surface area contributed by atoms with Crippen LogP contribution < -0.4 is 0 Å². The van der Waals surface area contributed by atoms with Gasteiger partial charge in [0.2, 0.25) is 0 Å². The molecule has 0 saturated heterocycles. The van der Waals surface area contributed by atoms with Crippen molar-refractivity contribution in [3.63, 3.8) is 0 Å². The average molecular weight is 234 g/mol. The summed E-state index contributed by atoms with van der Waals surface area (Å²) in [7, 11) is 0. The molecule has 0 spiro atoms. The zero-order valence-corrected chi connectivity index (χ0v) is 10.3. The van der Waals surface area contributed by atoms with E-state index in [0.29, 0.717) is 12.8 Å². The molecule has 1 aromatic rings. The van der Waals surface area contributed by atoms with Crippen molar-refractivity contribution in [2.45, 2.75) is 33.1 Å². The summed E-state index contributed by atoms with van der Waals surface area (Å²) in [5.41, 5.74) is 1.41. The number of Topliss-reactive ketones (excluding diaryl/α,β-unsaturated/α-hetero) is 1. The summed E-state index contributed by atoms with van der Waals surface area (Å²) in [5.74, 6) is 0.0792. The number of carbonyl (C=O) groups is 1. The highest BCUT2D eigenvalue weighted by molar-refractivity contribution is 7.07. The molecule has 1 aliphatic rings. The number of ketones is 1. The fourth-order valence-corrected chi connectivity index (χ4v) is 2.91. The molecule has 1 fully saturated rings. The average Bonchev–Trinajstić information content (AvgIpc) is 2.82. The highest BCUT2D eigenvalue weighted by Gasteiger charge is 2.52. The Morgan fingerprint density at radius 3 is 2.75 bits per heavy atom. The van der Waals surface area contributed by atoms with Gasteiger partial charge in [-0.2, -0.15) is 5.26 Å². The Bertz CT molecular complexity index is 444. The minimum Gasteiger partial charge on any atom is -0.297 e. The molecule has 1 heterocycles. The predicted octanol–water partition coefficient (Wildman–Crippen LogP) is 2.58. The van der Waals surface area contributed by atoms with Gasteiger partial charge in [-0.15, -0.1) is 11.3 Å². The first-order valence-corrected chi connectivity index (χ1v) is 6.28. The summed E-state index contributed by atoms with van der Waals surface area (Å²) >= 11 is 1.50. The van der Waals surface area contributed by atoms with Gasteiger partial charge in [0.15, 0.2) is 5.78 Å². The summed E-state index contributed by atoms with van der Waals surface area (Å²) in [4.78, 5) is 16.4. The number of carbonyl (C=O) groups excluding carboxylic acids is 1. The summed E-state index contributed by atoms with van der Waals surface area (Å²) in [5, 5.41) is 11.2. The van der Waals surface area contributed by atoms with Gasteiger partial charge in [-0.3, -0.25) is 4.79 Å². The van der Waals surface area contributed by atoms with Crippen molar-refractivity contribution in [1.82, 2.24) is 4.98 Å². The number of rotatable bonds is 2. The van der Waals surface area contributed by atoms with Crippen LogP contribution >= 0.6 is 11.3 Å². The van der Waals surface area contributed by atoms with Crippen molar-refractivity contribution in [3.05, 3.63) is 16.6 Å². The number of aromatic nitrogens is 1. The fourth-order valence-electron chi connectivity index (χ4n) is 2.35. The van der Waals surface area contributed by atoms with Gasteiger partial charge in [0.25, 0.3) is 0 Å². The molecule has 0 aromatic carbocycles.